The van der Waals surface area contributed by atoms with Gasteiger partial charge in [-0.1, -0.05) is 0 Å². The van der Waals surface area contributed by atoms with Crippen LogP contribution in [-0.4, -0.2) is 63.6 Å². The zero-order valence-corrected chi connectivity index (χ0v) is 15.2. The molecule has 7 heteroatoms. The summed E-state index contributed by atoms with van der Waals surface area (Å²) in [6.45, 7) is 5.99. The molecule has 1 aromatic heterocycles. The van der Waals surface area contributed by atoms with E-state index in [0.717, 1.165) is 22.4 Å². The molecule has 0 spiro atoms. The molecule has 2 heterocycles. The summed E-state index contributed by atoms with van der Waals surface area (Å²) < 4.78 is 0. The van der Waals surface area contributed by atoms with E-state index in [0.29, 0.717) is 44.0 Å². The topological polar surface area (TPSA) is 66.4 Å². The molecule has 1 aliphatic rings. The van der Waals surface area contributed by atoms with Crippen molar-refractivity contribution < 1.29 is 9.59 Å². The van der Waals surface area contributed by atoms with Crippen LogP contribution in [0.1, 0.15) is 28.2 Å². The lowest BCUT2D eigenvalue weighted by Gasteiger charge is -2.34. The Hall–Kier alpha value is -2.21. The predicted octanol–water partition coefficient (Wildman–Crippen LogP) is 2.16. The number of benzene rings is 1. The van der Waals surface area contributed by atoms with E-state index in [1.165, 1.54) is 0 Å². The molecule has 1 aliphatic heterocycles. The SMILES string of the molecule is Cc1nc2ccc(C(=O)N3CCN(C(=O)CCCl)CC3)cc2nc1C. The molecule has 6 nitrogen and oxygen atoms in total. The smallest absolute Gasteiger partial charge is 0.254 e. The van der Waals surface area contributed by atoms with Crippen molar-refractivity contribution in [3.05, 3.63) is 35.2 Å². The van der Waals surface area contributed by atoms with Crippen molar-refractivity contribution in [2.24, 2.45) is 0 Å². The number of hydrogen-bond donors (Lipinski definition) is 0. The molecule has 0 bridgehead atoms. The van der Waals surface area contributed by atoms with Gasteiger partial charge >= 0.3 is 0 Å². The van der Waals surface area contributed by atoms with Crippen LogP contribution in [0.25, 0.3) is 11.0 Å². The molecule has 132 valence electrons. The number of aromatic nitrogens is 2. The van der Waals surface area contributed by atoms with Crippen LogP contribution >= 0.6 is 11.6 Å². The molecule has 0 atom stereocenters. The Morgan fingerprint density at radius 3 is 2.24 bits per heavy atom. The van der Waals surface area contributed by atoms with Crippen molar-refractivity contribution in [3.8, 4) is 0 Å². The van der Waals surface area contributed by atoms with Gasteiger partial charge in [-0.2, -0.15) is 0 Å². The zero-order chi connectivity index (χ0) is 18.0. The van der Waals surface area contributed by atoms with Gasteiger partial charge in [0.25, 0.3) is 5.91 Å². The highest BCUT2D eigenvalue weighted by molar-refractivity contribution is 6.18. The quantitative estimate of drug-likeness (QED) is 0.787. The van der Waals surface area contributed by atoms with Crippen molar-refractivity contribution in [2.45, 2.75) is 20.3 Å². The third-order valence-electron chi connectivity index (χ3n) is 4.55. The summed E-state index contributed by atoms with van der Waals surface area (Å²) in [5.74, 6) is 0.343. The molecule has 2 aromatic rings. The van der Waals surface area contributed by atoms with E-state index >= 15 is 0 Å². The van der Waals surface area contributed by atoms with E-state index in [2.05, 4.69) is 9.97 Å². The number of aryl methyl sites for hydroxylation is 2. The van der Waals surface area contributed by atoms with Gasteiger partial charge in [0.05, 0.1) is 22.4 Å². The Morgan fingerprint density at radius 2 is 1.60 bits per heavy atom. The first-order valence-corrected chi connectivity index (χ1v) is 8.91. The number of rotatable bonds is 3. The first-order chi connectivity index (χ1) is 12.0. The summed E-state index contributed by atoms with van der Waals surface area (Å²) in [6.07, 6.45) is 0.345. The maximum atomic E-state index is 12.8. The molecule has 0 aliphatic carbocycles. The minimum absolute atomic E-state index is 0.0358. The first kappa shape index (κ1) is 17.6. The minimum Gasteiger partial charge on any atom is -0.339 e. The van der Waals surface area contributed by atoms with Crippen molar-refractivity contribution in [1.82, 2.24) is 19.8 Å². The normalized spacial score (nSPS) is 14.8. The lowest BCUT2D eigenvalue weighted by molar-refractivity contribution is -0.132. The number of halogens is 1. The second-order valence-corrected chi connectivity index (χ2v) is 6.59. The second-order valence-electron chi connectivity index (χ2n) is 6.21. The van der Waals surface area contributed by atoms with Crippen LogP contribution in [0, 0.1) is 13.8 Å². The maximum Gasteiger partial charge on any atom is 0.254 e. The Labute approximate surface area is 151 Å². The van der Waals surface area contributed by atoms with Crippen molar-refractivity contribution >= 4 is 34.4 Å². The molecular weight excluding hydrogens is 340 g/mol. The molecule has 1 aromatic carbocycles. The van der Waals surface area contributed by atoms with Gasteiger partial charge in [-0.3, -0.25) is 9.59 Å². The Bertz CT molecular complexity index is 816. The van der Waals surface area contributed by atoms with Gasteiger partial charge in [0.2, 0.25) is 5.91 Å². The highest BCUT2D eigenvalue weighted by atomic mass is 35.5. The lowest BCUT2D eigenvalue weighted by atomic mass is 10.1. The summed E-state index contributed by atoms with van der Waals surface area (Å²) in [5.41, 5.74) is 3.87. The molecule has 1 saturated heterocycles. The number of amides is 2. The summed E-state index contributed by atoms with van der Waals surface area (Å²) in [7, 11) is 0. The van der Waals surface area contributed by atoms with E-state index in [4.69, 9.17) is 11.6 Å². The molecule has 0 saturated carbocycles. The van der Waals surface area contributed by atoms with Crippen molar-refractivity contribution in [3.63, 3.8) is 0 Å². The van der Waals surface area contributed by atoms with Crippen LogP contribution in [-0.2, 0) is 4.79 Å². The molecular formula is C18H21ClN4O2. The summed E-state index contributed by atoms with van der Waals surface area (Å²) in [6, 6.07) is 5.42. The third kappa shape index (κ3) is 3.74. The van der Waals surface area contributed by atoms with Crippen LogP contribution in [0.4, 0.5) is 0 Å². The third-order valence-corrected chi connectivity index (χ3v) is 4.74. The van der Waals surface area contributed by atoms with E-state index < -0.39 is 0 Å². The van der Waals surface area contributed by atoms with E-state index in [1.807, 2.05) is 19.9 Å². The number of fused-ring (bicyclic) bond motifs is 1. The number of carbonyl (C=O) groups is 2. The fraction of sp³-hybridized carbons (Fsp3) is 0.444. The standard InChI is InChI=1S/C18H21ClN4O2/c1-12-13(2)21-16-11-14(3-4-15(16)20-12)18(25)23-9-7-22(8-10-23)17(24)5-6-19/h3-4,11H,5-10H2,1-2H3. The number of alkyl halides is 1. The van der Waals surface area contributed by atoms with Crippen LogP contribution in [0.15, 0.2) is 18.2 Å². The number of nitrogens with zero attached hydrogens (tertiary/aromatic N) is 4. The molecule has 0 N–H and O–H groups in total. The highest BCUT2D eigenvalue weighted by Gasteiger charge is 2.24. The summed E-state index contributed by atoms with van der Waals surface area (Å²) in [5, 5.41) is 0. The van der Waals surface area contributed by atoms with Gasteiger partial charge in [-0.05, 0) is 32.0 Å². The second kappa shape index (κ2) is 7.35. The highest BCUT2D eigenvalue weighted by Crippen LogP contribution is 2.17. The maximum absolute atomic E-state index is 12.8. The molecule has 0 radical (unpaired) electrons. The first-order valence-electron chi connectivity index (χ1n) is 8.37. The lowest BCUT2D eigenvalue weighted by Crippen LogP contribution is -2.50. The van der Waals surface area contributed by atoms with Gasteiger partial charge in [0, 0.05) is 44.0 Å². The van der Waals surface area contributed by atoms with E-state index in [1.54, 1.807) is 21.9 Å². The van der Waals surface area contributed by atoms with Gasteiger partial charge in [0.1, 0.15) is 0 Å². The van der Waals surface area contributed by atoms with Crippen molar-refractivity contribution in [2.75, 3.05) is 32.1 Å². The van der Waals surface area contributed by atoms with Crippen LogP contribution < -0.4 is 0 Å². The molecule has 3 rings (SSSR count). The molecule has 25 heavy (non-hydrogen) atoms. The molecule has 0 unspecified atom stereocenters. The zero-order valence-electron chi connectivity index (χ0n) is 14.5. The van der Waals surface area contributed by atoms with E-state index in [-0.39, 0.29) is 11.8 Å². The van der Waals surface area contributed by atoms with Crippen LogP contribution in [0.2, 0.25) is 0 Å². The Balaban J connectivity index is 1.72. The summed E-state index contributed by atoms with van der Waals surface area (Å²) in [4.78, 5) is 37.2. The fourth-order valence-corrected chi connectivity index (χ4v) is 3.11. The van der Waals surface area contributed by atoms with Crippen molar-refractivity contribution in [1.29, 1.82) is 0 Å². The van der Waals surface area contributed by atoms with E-state index in [9.17, 15) is 9.59 Å². The van der Waals surface area contributed by atoms with Crippen LogP contribution in [0.5, 0.6) is 0 Å². The van der Waals surface area contributed by atoms with Gasteiger partial charge < -0.3 is 9.80 Å². The van der Waals surface area contributed by atoms with Gasteiger partial charge in [0.15, 0.2) is 0 Å². The summed E-state index contributed by atoms with van der Waals surface area (Å²) >= 11 is 5.62. The molecule has 2 amide bonds. The Morgan fingerprint density at radius 1 is 1.00 bits per heavy atom. The average molecular weight is 361 g/mol. The van der Waals surface area contributed by atoms with Gasteiger partial charge in [-0.15, -0.1) is 11.6 Å². The monoisotopic (exact) mass is 360 g/mol. The number of hydrogen-bond acceptors (Lipinski definition) is 4. The minimum atomic E-state index is -0.0358. The molecule has 1 fully saturated rings. The fourth-order valence-electron chi connectivity index (χ4n) is 2.94. The van der Waals surface area contributed by atoms with Crippen LogP contribution in [0.3, 0.4) is 0 Å². The average Bonchev–Trinajstić information content (AvgIpc) is 2.62. The largest absolute Gasteiger partial charge is 0.339 e. The van der Waals surface area contributed by atoms with Gasteiger partial charge in [-0.25, -0.2) is 9.97 Å². The number of piperazine rings is 1. The Kier molecular flexibility index (Phi) is 5.18. The predicted molar refractivity (Wildman–Crippen MR) is 96.8 cm³/mol. The number of carbonyl (C=O) groups excluding carboxylic acids is 2.